The van der Waals surface area contributed by atoms with Gasteiger partial charge in [-0.2, -0.15) is 14.9 Å². The van der Waals surface area contributed by atoms with Gasteiger partial charge in [-0.05, 0) is 37.3 Å². The maximum atomic E-state index is 5.37. The maximum absolute atomic E-state index is 5.37. The Kier molecular flexibility index (Phi) is 5.56. The minimum atomic E-state index is 0.398. The molecule has 0 saturated heterocycles. The summed E-state index contributed by atoms with van der Waals surface area (Å²) in [5, 5.41) is 11.6. The number of aromatic nitrogens is 3. The fourth-order valence-corrected chi connectivity index (χ4v) is 2.85. The van der Waals surface area contributed by atoms with E-state index in [4.69, 9.17) is 26.4 Å². The number of methoxy groups -OCH3 is 3. The molecule has 140 valence electrons. The van der Waals surface area contributed by atoms with E-state index in [1.54, 1.807) is 44.4 Å². The van der Waals surface area contributed by atoms with E-state index >= 15 is 0 Å². The van der Waals surface area contributed by atoms with Crippen LogP contribution >= 0.6 is 12.2 Å². The molecule has 0 aliphatic carbocycles. The van der Waals surface area contributed by atoms with Crippen molar-refractivity contribution in [3.05, 3.63) is 52.3 Å². The van der Waals surface area contributed by atoms with Crippen LogP contribution in [-0.4, -0.2) is 42.4 Å². The summed E-state index contributed by atoms with van der Waals surface area (Å²) in [5.74, 6) is 2.26. The van der Waals surface area contributed by atoms with E-state index in [2.05, 4.69) is 15.3 Å². The Bertz CT molecular complexity index is 1010. The van der Waals surface area contributed by atoms with Crippen LogP contribution in [0.3, 0.4) is 0 Å². The highest BCUT2D eigenvalue weighted by molar-refractivity contribution is 7.71. The van der Waals surface area contributed by atoms with Crippen molar-refractivity contribution in [1.82, 2.24) is 14.9 Å². The molecule has 1 aromatic heterocycles. The SMILES string of the molecule is COc1cc(C=Nn2c(-c3cccc(C)c3)n[nH]c2=S)cc(OC)c1OC. The van der Waals surface area contributed by atoms with Crippen molar-refractivity contribution in [2.45, 2.75) is 6.92 Å². The molecular weight excluding hydrogens is 364 g/mol. The highest BCUT2D eigenvalue weighted by atomic mass is 32.1. The minimum absolute atomic E-state index is 0.398. The monoisotopic (exact) mass is 384 g/mol. The second-order valence-electron chi connectivity index (χ2n) is 5.74. The smallest absolute Gasteiger partial charge is 0.216 e. The Hall–Kier alpha value is -3.13. The Morgan fingerprint density at radius 1 is 1.07 bits per heavy atom. The highest BCUT2D eigenvalue weighted by Gasteiger charge is 2.13. The van der Waals surface area contributed by atoms with Gasteiger partial charge < -0.3 is 14.2 Å². The first-order chi connectivity index (χ1) is 13.1. The van der Waals surface area contributed by atoms with Crippen molar-refractivity contribution in [3.8, 4) is 28.6 Å². The van der Waals surface area contributed by atoms with Crippen molar-refractivity contribution in [2.24, 2.45) is 5.10 Å². The number of benzene rings is 2. The molecule has 0 atom stereocenters. The van der Waals surface area contributed by atoms with E-state index in [1.165, 1.54) is 0 Å². The Labute approximate surface area is 162 Å². The first-order valence-electron chi connectivity index (χ1n) is 8.16. The quantitative estimate of drug-likeness (QED) is 0.517. The van der Waals surface area contributed by atoms with Crippen molar-refractivity contribution in [2.75, 3.05) is 21.3 Å². The van der Waals surface area contributed by atoms with Gasteiger partial charge in [0.05, 0.1) is 27.5 Å². The third-order valence-corrected chi connectivity index (χ3v) is 4.20. The van der Waals surface area contributed by atoms with Gasteiger partial charge in [0.15, 0.2) is 17.3 Å². The van der Waals surface area contributed by atoms with E-state index in [-0.39, 0.29) is 0 Å². The third kappa shape index (κ3) is 3.85. The van der Waals surface area contributed by atoms with Crippen LogP contribution in [-0.2, 0) is 0 Å². The number of nitrogens with one attached hydrogen (secondary N) is 1. The van der Waals surface area contributed by atoms with Gasteiger partial charge in [-0.3, -0.25) is 0 Å². The zero-order valence-electron chi connectivity index (χ0n) is 15.5. The normalized spacial score (nSPS) is 11.0. The molecule has 0 fully saturated rings. The van der Waals surface area contributed by atoms with Gasteiger partial charge in [0, 0.05) is 11.1 Å². The predicted molar refractivity (Wildman–Crippen MR) is 107 cm³/mol. The molecule has 3 aromatic rings. The van der Waals surface area contributed by atoms with Gasteiger partial charge in [-0.1, -0.05) is 23.8 Å². The number of H-pyrrole nitrogens is 1. The van der Waals surface area contributed by atoms with Crippen molar-refractivity contribution in [3.63, 3.8) is 0 Å². The lowest BCUT2D eigenvalue weighted by molar-refractivity contribution is 0.324. The van der Waals surface area contributed by atoms with Crippen LogP contribution in [0.25, 0.3) is 11.4 Å². The second-order valence-corrected chi connectivity index (χ2v) is 6.12. The second kappa shape index (κ2) is 8.05. The number of ether oxygens (including phenoxy) is 3. The summed E-state index contributed by atoms with van der Waals surface area (Å²) in [6.45, 7) is 2.02. The highest BCUT2D eigenvalue weighted by Crippen LogP contribution is 2.37. The van der Waals surface area contributed by atoms with Crippen LogP contribution in [0.15, 0.2) is 41.5 Å². The summed E-state index contributed by atoms with van der Waals surface area (Å²) < 4.78 is 18.1. The molecule has 0 aliphatic heterocycles. The molecule has 0 unspecified atom stereocenters. The maximum Gasteiger partial charge on any atom is 0.216 e. The predicted octanol–water partition coefficient (Wildman–Crippen LogP) is 3.82. The molecule has 8 heteroatoms. The lowest BCUT2D eigenvalue weighted by Crippen LogP contribution is -1.98. The van der Waals surface area contributed by atoms with Gasteiger partial charge >= 0.3 is 0 Å². The Morgan fingerprint density at radius 2 is 1.78 bits per heavy atom. The fourth-order valence-electron chi connectivity index (χ4n) is 2.67. The molecule has 0 amide bonds. The van der Waals surface area contributed by atoms with Gasteiger partial charge in [0.25, 0.3) is 0 Å². The molecule has 0 saturated carbocycles. The molecule has 0 spiro atoms. The summed E-state index contributed by atoms with van der Waals surface area (Å²) in [5.41, 5.74) is 2.81. The molecule has 2 aromatic carbocycles. The average Bonchev–Trinajstić information content (AvgIpc) is 3.05. The van der Waals surface area contributed by atoms with Crippen molar-refractivity contribution in [1.29, 1.82) is 0 Å². The number of rotatable bonds is 6. The first-order valence-corrected chi connectivity index (χ1v) is 8.57. The van der Waals surface area contributed by atoms with Crippen LogP contribution in [0.5, 0.6) is 17.2 Å². The van der Waals surface area contributed by atoms with Crippen LogP contribution in [0.1, 0.15) is 11.1 Å². The Morgan fingerprint density at radius 3 is 2.37 bits per heavy atom. The number of nitrogens with zero attached hydrogens (tertiary/aromatic N) is 3. The number of aromatic amines is 1. The number of aryl methyl sites for hydroxylation is 1. The minimum Gasteiger partial charge on any atom is -0.493 e. The standard InChI is InChI=1S/C19H20N4O3S/c1-12-6-5-7-14(8-12)18-21-22-19(27)23(18)20-11-13-9-15(24-2)17(26-4)16(10-13)25-3/h5-11H,1-4H3,(H,22,27). The molecule has 7 nitrogen and oxygen atoms in total. The zero-order valence-corrected chi connectivity index (χ0v) is 16.3. The van der Waals surface area contributed by atoms with Gasteiger partial charge in [-0.25, -0.2) is 5.10 Å². The topological polar surface area (TPSA) is 73.7 Å². The zero-order chi connectivity index (χ0) is 19.4. The molecule has 0 radical (unpaired) electrons. The number of hydrogen-bond donors (Lipinski definition) is 1. The van der Waals surface area contributed by atoms with Crippen molar-refractivity contribution >= 4 is 18.4 Å². The lowest BCUT2D eigenvalue weighted by Gasteiger charge is -2.12. The van der Waals surface area contributed by atoms with Crippen LogP contribution < -0.4 is 14.2 Å². The summed E-state index contributed by atoms with van der Waals surface area (Å²) in [7, 11) is 4.70. The third-order valence-electron chi connectivity index (χ3n) is 3.94. The molecule has 1 heterocycles. The molecule has 0 aliphatic rings. The van der Waals surface area contributed by atoms with Crippen LogP contribution in [0, 0.1) is 11.7 Å². The molecule has 1 N–H and O–H groups in total. The number of hydrogen-bond acceptors (Lipinski definition) is 6. The van der Waals surface area contributed by atoms with Gasteiger partial charge in [0.1, 0.15) is 0 Å². The van der Waals surface area contributed by atoms with Gasteiger partial charge in [0.2, 0.25) is 10.5 Å². The van der Waals surface area contributed by atoms with Crippen LogP contribution in [0.2, 0.25) is 0 Å². The molecule has 3 rings (SSSR count). The fraction of sp³-hybridized carbons (Fsp3) is 0.211. The summed E-state index contributed by atoms with van der Waals surface area (Å²) in [6, 6.07) is 11.6. The largest absolute Gasteiger partial charge is 0.493 e. The van der Waals surface area contributed by atoms with E-state index in [9.17, 15) is 0 Å². The molecule has 27 heavy (non-hydrogen) atoms. The Balaban J connectivity index is 2.03. The van der Waals surface area contributed by atoms with E-state index in [0.717, 1.165) is 16.7 Å². The molecular formula is C19H20N4O3S. The van der Waals surface area contributed by atoms with Gasteiger partial charge in [-0.15, -0.1) is 0 Å². The summed E-state index contributed by atoms with van der Waals surface area (Å²) >= 11 is 5.32. The molecule has 0 bridgehead atoms. The van der Waals surface area contributed by atoms with E-state index in [1.807, 2.05) is 31.2 Å². The van der Waals surface area contributed by atoms with E-state index < -0.39 is 0 Å². The first kappa shape index (κ1) is 18.7. The van der Waals surface area contributed by atoms with Crippen molar-refractivity contribution < 1.29 is 14.2 Å². The van der Waals surface area contributed by atoms with E-state index in [0.29, 0.717) is 27.8 Å². The summed E-state index contributed by atoms with van der Waals surface area (Å²) in [6.07, 6.45) is 1.66. The lowest BCUT2D eigenvalue weighted by atomic mass is 10.1. The summed E-state index contributed by atoms with van der Waals surface area (Å²) in [4.78, 5) is 0. The average molecular weight is 384 g/mol. The van der Waals surface area contributed by atoms with Crippen LogP contribution in [0.4, 0.5) is 0 Å².